The van der Waals surface area contributed by atoms with Crippen LogP contribution in [-0.2, 0) is 13.0 Å². The zero-order valence-corrected chi connectivity index (χ0v) is 11.6. The second-order valence-electron chi connectivity index (χ2n) is 5.90. The van der Waals surface area contributed by atoms with Crippen molar-refractivity contribution in [1.82, 2.24) is 4.57 Å². The molecule has 0 saturated heterocycles. The van der Waals surface area contributed by atoms with Crippen molar-refractivity contribution in [1.29, 1.82) is 0 Å². The first-order chi connectivity index (χ1) is 9.36. The Morgan fingerprint density at radius 2 is 2.00 bits per heavy atom. The molecule has 102 valence electrons. The minimum atomic E-state index is 0.779. The number of nitrogens with zero attached hydrogens (tertiary/aromatic N) is 1. The fourth-order valence-corrected chi connectivity index (χ4v) is 3.34. The number of benzene rings is 1. The SMILES string of the molecule is NCCCc1ccc2c(ccn2CC2CCCC2)c1. The lowest BCUT2D eigenvalue weighted by Crippen LogP contribution is -2.05. The molecule has 1 aliphatic carbocycles. The second-order valence-corrected chi connectivity index (χ2v) is 5.90. The molecule has 2 heteroatoms. The van der Waals surface area contributed by atoms with Crippen molar-refractivity contribution >= 4 is 10.9 Å². The quantitative estimate of drug-likeness (QED) is 0.868. The van der Waals surface area contributed by atoms with Crippen LogP contribution in [0.4, 0.5) is 0 Å². The standard InChI is InChI=1S/C17H24N2/c18-10-3-6-14-7-8-17-16(12-14)9-11-19(17)13-15-4-1-2-5-15/h7-9,11-12,15H,1-6,10,13,18H2. The van der Waals surface area contributed by atoms with Crippen LogP contribution >= 0.6 is 0 Å². The Morgan fingerprint density at radius 3 is 2.79 bits per heavy atom. The van der Waals surface area contributed by atoms with Crippen molar-refractivity contribution in [2.24, 2.45) is 11.7 Å². The van der Waals surface area contributed by atoms with Gasteiger partial charge in [-0.3, -0.25) is 0 Å². The van der Waals surface area contributed by atoms with Gasteiger partial charge >= 0.3 is 0 Å². The van der Waals surface area contributed by atoms with Gasteiger partial charge in [0.2, 0.25) is 0 Å². The Bertz CT molecular complexity index is 535. The summed E-state index contributed by atoms with van der Waals surface area (Å²) < 4.78 is 2.44. The number of aryl methyl sites for hydroxylation is 1. The van der Waals surface area contributed by atoms with Crippen LogP contribution in [0, 0.1) is 5.92 Å². The molecule has 2 aromatic rings. The number of hydrogen-bond donors (Lipinski definition) is 1. The van der Waals surface area contributed by atoms with E-state index in [1.54, 1.807) is 0 Å². The second kappa shape index (κ2) is 5.79. The maximum atomic E-state index is 5.58. The fourth-order valence-electron chi connectivity index (χ4n) is 3.34. The van der Waals surface area contributed by atoms with Crippen molar-refractivity contribution < 1.29 is 0 Å². The molecule has 0 aliphatic heterocycles. The van der Waals surface area contributed by atoms with Crippen molar-refractivity contribution in [3.05, 3.63) is 36.0 Å². The van der Waals surface area contributed by atoms with Gasteiger partial charge < -0.3 is 10.3 Å². The first kappa shape index (κ1) is 12.7. The van der Waals surface area contributed by atoms with E-state index in [0.29, 0.717) is 0 Å². The molecule has 3 rings (SSSR count). The van der Waals surface area contributed by atoms with Gasteiger partial charge in [0.15, 0.2) is 0 Å². The molecule has 1 heterocycles. The maximum absolute atomic E-state index is 5.58. The van der Waals surface area contributed by atoms with E-state index in [-0.39, 0.29) is 0 Å². The molecular formula is C17H24N2. The molecule has 0 atom stereocenters. The summed E-state index contributed by atoms with van der Waals surface area (Å²) in [5.74, 6) is 0.896. The first-order valence-electron chi connectivity index (χ1n) is 7.64. The monoisotopic (exact) mass is 256 g/mol. The summed E-state index contributed by atoms with van der Waals surface area (Å²) in [6.07, 6.45) is 10.1. The Balaban J connectivity index is 1.78. The Morgan fingerprint density at radius 1 is 1.16 bits per heavy atom. The topological polar surface area (TPSA) is 30.9 Å². The zero-order chi connectivity index (χ0) is 13.1. The van der Waals surface area contributed by atoms with Crippen molar-refractivity contribution in [3.63, 3.8) is 0 Å². The molecule has 1 aromatic heterocycles. The number of nitrogens with two attached hydrogens (primary N) is 1. The number of hydrogen-bond acceptors (Lipinski definition) is 1. The summed E-state index contributed by atoms with van der Waals surface area (Å²) in [7, 11) is 0. The van der Waals surface area contributed by atoms with E-state index >= 15 is 0 Å². The van der Waals surface area contributed by atoms with E-state index in [1.807, 2.05) is 0 Å². The highest BCUT2D eigenvalue weighted by Gasteiger charge is 2.16. The van der Waals surface area contributed by atoms with Gasteiger partial charge in [-0.05, 0) is 67.3 Å². The fraction of sp³-hybridized carbons (Fsp3) is 0.529. The number of fused-ring (bicyclic) bond motifs is 1. The third kappa shape index (κ3) is 2.84. The van der Waals surface area contributed by atoms with Crippen LogP contribution in [0.15, 0.2) is 30.5 Å². The zero-order valence-electron chi connectivity index (χ0n) is 11.6. The van der Waals surface area contributed by atoms with Gasteiger partial charge in [0.25, 0.3) is 0 Å². The van der Waals surface area contributed by atoms with Gasteiger partial charge in [-0.1, -0.05) is 18.9 Å². The van der Waals surface area contributed by atoms with E-state index in [2.05, 4.69) is 35.0 Å². The Hall–Kier alpha value is -1.28. The third-order valence-corrected chi connectivity index (χ3v) is 4.43. The van der Waals surface area contributed by atoms with Gasteiger partial charge in [-0.2, -0.15) is 0 Å². The van der Waals surface area contributed by atoms with Crippen LogP contribution in [0.25, 0.3) is 10.9 Å². The molecular weight excluding hydrogens is 232 g/mol. The normalized spacial score (nSPS) is 16.5. The third-order valence-electron chi connectivity index (χ3n) is 4.43. The van der Waals surface area contributed by atoms with Gasteiger partial charge in [-0.25, -0.2) is 0 Å². The Kier molecular flexibility index (Phi) is 3.88. The largest absolute Gasteiger partial charge is 0.347 e. The lowest BCUT2D eigenvalue weighted by Gasteiger charge is -2.11. The molecule has 0 spiro atoms. The van der Waals surface area contributed by atoms with Gasteiger partial charge in [-0.15, -0.1) is 0 Å². The minimum Gasteiger partial charge on any atom is -0.347 e. The van der Waals surface area contributed by atoms with Gasteiger partial charge in [0, 0.05) is 18.3 Å². The van der Waals surface area contributed by atoms with Crippen molar-refractivity contribution in [2.75, 3.05) is 6.54 Å². The van der Waals surface area contributed by atoms with E-state index in [9.17, 15) is 0 Å². The van der Waals surface area contributed by atoms with E-state index in [0.717, 1.165) is 25.3 Å². The molecule has 0 bridgehead atoms. The van der Waals surface area contributed by atoms with Crippen molar-refractivity contribution in [3.8, 4) is 0 Å². The smallest absolute Gasteiger partial charge is 0.0480 e. The van der Waals surface area contributed by atoms with E-state index < -0.39 is 0 Å². The molecule has 1 saturated carbocycles. The van der Waals surface area contributed by atoms with E-state index in [4.69, 9.17) is 5.73 Å². The van der Waals surface area contributed by atoms with Crippen LogP contribution in [0.3, 0.4) is 0 Å². The maximum Gasteiger partial charge on any atom is 0.0480 e. The molecule has 0 unspecified atom stereocenters. The highest BCUT2D eigenvalue weighted by atomic mass is 15.0. The van der Waals surface area contributed by atoms with Crippen LogP contribution in [0.5, 0.6) is 0 Å². The van der Waals surface area contributed by atoms with Crippen LogP contribution in [0.1, 0.15) is 37.7 Å². The number of aromatic nitrogens is 1. The molecule has 19 heavy (non-hydrogen) atoms. The molecule has 1 fully saturated rings. The molecule has 1 aliphatic rings. The van der Waals surface area contributed by atoms with Crippen LogP contribution in [-0.4, -0.2) is 11.1 Å². The summed E-state index contributed by atoms with van der Waals surface area (Å²) in [6, 6.07) is 9.14. The molecule has 2 nitrogen and oxygen atoms in total. The summed E-state index contributed by atoms with van der Waals surface area (Å²) in [4.78, 5) is 0. The predicted molar refractivity (Wildman–Crippen MR) is 81.3 cm³/mol. The highest BCUT2D eigenvalue weighted by Crippen LogP contribution is 2.28. The summed E-state index contributed by atoms with van der Waals surface area (Å²) in [6.45, 7) is 1.98. The average Bonchev–Trinajstić information content (AvgIpc) is 3.07. The van der Waals surface area contributed by atoms with E-state index in [1.165, 1.54) is 48.7 Å². The predicted octanol–water partition coefficient (Wildman–Crippen LogP) is 3.72. The lowest BCUT2D eigenvalue weighted by molar-refractivity contribution is 0.466. The Labute approximate surface area is 115 Å². The van der Waals surface area contributed by atoms with Gasteiger partial charge in [0.05, 0.1) is 0 Å². The lowest BCUT2D eigenvalue weighted by atomic mass is 10.1. The molecule has 1 aromatic carbocycles. The average molecular weight is 256 g/mol. The highest BCUT2D eigenvalue weighted by molar-refractivity contribution is 5.80. The van der Waals surface area contributed by atoms with Crippen LogP contribution < -0.4 is 5.73 Å². The minimum absolute atomic E-state index is 0.779. The van der Waals surface area contributed by atoms with Crippen LogP contribution in [0.2, 0.25) is 0 Å². The summed E-state index contributed by atoms with van der Waals surface area (Å²) >= 11 is 0. The molecule has 0 amide bonds. The van der Waals surface area contributed by atoms with Crippen molar-refractivity contribution in [2.45, 2.75) is 45.1 Å². The van der Waals surface area contributed by atoms with Gasteiger partial charge in [0.1, 0.15) is 0 Å². The molecule has 0 radical (unpaired) electrons. The molecule has 2 N–H and O–H groups in total. The summed E-state index contributed by atoms with van der Waals surface area (Å²) in [5.41, 5.74) is 8.39. The number of rotatable bonds is 5. The summed E-state index contributed by atoms with van der Waals surface area (Å²) in [5, 5.41) is 1.38. The first-order valence-corrected chi connectivity index (χ1v) is 7.64.